The van der Waals surface area contributed by atoms with Crippen LogP contribution in [0, 0.1) is 0 Å². The molecule has 1 aliphatic rings. The van der Waals surface area contributed by atoms with Gasteiger partial charge in [-0.1, -0.05) is 23.7 Å². The van der Waals surface area contributed by atoms with Crippen LogP contribution in [0.25, 0.3) is 27.0 Å². The van der Waals surface area contributed by atoms with E-state index in [-0.39, 0.29) is 5.56 Å². The van der Waals surface area contributed by atoms with E-state index in [4.69, 9.17) is 11.6 Å². The molecule has 0 radical (unpaired) electrons. The Kier molecular flexibility index (Phi) is 4.37. The lowest BCUT2D eigenvalue weighted by molar-refractivity contribution is 0.700. The van der Waals surface area contributed by atoms with Crippen molar-refractivity contribution in [1.29, 1.82) is 0 Å². The van der Waals surface area contributed by atoms with Crippen molar-refractivity contribution >= 4 is 44.3 Å². The molecule has 5 nitrogen and oxygen atoms in total. The van der Waals surface area contributed by atoms with Crippen LogP contribution in [-0.2, 0) is 12.8 Å². The third-order valence-electron chi connectivity index (χ3n) is 5.01. The van der Waals surface area contributed by atoms with Gasteiger partial charge in [0, 0.05) is 17.3 Å². The number of halogens is 1. The lowest BCUT2D eigenvalue weighted by atomic mass is 9.97. The van der Waals surface area contributed by atoms with Gasteiger partial charge in [0.2, 0.25) is 0 Å². The fraction of sp³-hybridized carbons (Fsp3) is 0.190. The summed E-state index contributed by atoms with van der Waals surface area (Å²) in [4.78, 5) is 22.3. The van der Waals surface area contributed by atoms with Crippen molar-refractivity contribution < 1.29 is 0 Å². The SMILES string of the molecule is O=c1[nH]c(C(Cl)=Cc2ccc(-n3cccn3)cc2)nc2sc3c(c12)CCCC3. The standard InChI is InChI=1S/C21H17ClN4OS/c22-16(12-13-6-8-14(9-7-13)26-11-3-10-23-26)19-24-20(27)18-15-4-1-2-5-17(15)28-21(18)25-19/h3,6-12H,1-2,4-5H2,(H,24,25,27). The first-order valence-electron chi connectivity index (χ1n) is 9.21. The highest BCUT2D eigenvalue weighted by Gasteiger charge is 2.20. The molecule has 0 bridgehead atoms. The summed E-state index contributed by atoms with van der Waals surface area (Å²) in [5, 5.41) is 5.38. The zero-order valence-corrected chi connectivity index (χ0v) is 16.6. The fourth-order valence-electron chi connectivity index (χ4n) is 3.64. The highest BCUT2D eigenvalue weighted by atomic mass is 35.5. The molecule has 0 saturated carbocycles. The minimum absolute atomic E-state index is 0.0972. The molecule has 0 atom stereocenters. The second kappa shape index (κ2) is 7.04. The smallest absolute Gasteiger partial charge is 0.260 e. The van der Waals surface area contributed by atoms with Gasteiger partial charge in [0.1, 0.15) is 4.83 Å². The molecule has 28 heavy (non-hydrogen) atoms. The van der Waals surface area contributed by atoms with Crippen LogP contribution in [0.15, 0.2) is 47.5 Å². The summed E-state index contributed by atoms with van der Waals surface area (Å²) in [5.74, 6) is 0.411. The van der Waals surface area contributed by atoms with Crippen molar-refractivity contribution in [1.82, 2.24) is 19.7 Å². The molecule has 0 aliphatic heterocycles. The topological polar surface area (TPSA) is 63.6 Å². The summed E-state index contributed by atoms with van der Waals surface area (Å²) in [5.41, 5.74) is 2.98. The number of aryl methyl sites for hydroxylation is 2. The Morgan fingerprint density at radius 2 is 2.04 bits per heavy atom. The van der Waals surface area contributed by atoms with Crippen LogP contribution in [0.4, 0.5) is 0 Å². The molecule has 4 aromatic rings. The Hall–Kier alpha value is -2.70. The van der Waals surface area contributed by atoms with E-state index in [1.165, 1.54) is 16.9 Å². The molecule has 0 amide bonds. The Morgan fingerprint density at radius 3 is 2.82 bits per heavy atom. The van der Waals surface area contributed by atoms with Crippen molar-refractivity contribution in [3.05, 3.63) is 74.9 Å². The van der Waals surface area contributed by atoms with Crippen molar-refractivity contribution in [2.75, 3.05) is 0 Å². The van der Waals surface area contributed by atoms with Crippen LogP contribution in [-0.4, -0.2) is 19.7 Å². The normalized spacial score (nSPS) is 14.4. The molecule has 0 unspecified atom stereocenters. The summed E-state index contributed by atoms with van der Waals surface area (Å²) in [6.07, 6.45) is 9.76. The number of nitrogens with zero attached hydrogens (tertiary/aromatic N) is 3. The second-order valence-corrected chi connectivity index (χ2v) is 8.33. The van der Waals surface area contributed by atoms with Gasteiger partial charge >= 0.3 is 0 Å². The van der Waals surface area contributed by atoms with E-state index >= 15 is 0 Å². The maximum absolute atomic E-state index is 12.7. The van der Waals surface area contributed by atoms with Gasteiger partial charge < -0.3 is 4.98 Å². The quantitative estimate of drug-likeness (QED) is 0.530. The van der Waals surface area contributed by atoms with Gasteiger partial charge in [-0.2, -0.15) is 5.10 Å². The number of fused-ring (bicyclic) bond motifs is 3. The lowest BCUT2D eigenvalue weighted by Crippen LogP contribution is -2.12. The van der Waals surface area contributed by atoms with Crippen LogP contribution in [0.1, 0.15) is 34.7 Å². The molecule has 0 fully saturated rings. The van der Waals surface area contributed by atoms with Crippen LogP contribution in [0.5, 0.6) is 0 Å². The highest BCUT2D eigenvalue weighted by molar-refractivity contribution is 7.18. The summed E-state index contributed by atoms with van der Waals surface area (Å²) in [6, 6.07) is 9.73. The third-order valence-corrected chi connectivity index (χ3v) is 6.48. The summed E-state index contributed by atoms with van der Waals surface area (Å²) in [7, 11) is 0. The number of aromatic nitrogens is 4. The van der Waals surface area contributed by atoms with Gasteiger partial charge in [0.05, 0.1) is 16.1 Å². The zero-order chi connectivity index (χ0) is 19.1. The van der Waals surface area contributed by atoms with Gasteiger partial charge in [-0.25, -0.2) is 9.67 Å². The van der Waals surface area contributed by atoms with E-state index in [0.29, 0.717) is 10.9 Å². The molecule has 7 heteroatoms. The number of nitrogens with one attached hydrogen (secondary N) is 1. The second-order valence-electron chi connectivity index (χ2n) is 6.84. The Labute approximate surface area is 170 Å². The van der Waals surface area contributed by atoms with Gasteiger partial charge in [0.15, 0.2) is 5.82 Å². The predicted octanol–water partition coefficient (Wildman–Crippen LogP) is 4.79. The first kappa shape index (κ1) is 17.4. The number of H-pyrrole nitrogens is 1. The number of hydrogen-bond acceptors (Lipinski definition) is 4. The summed E-state index contributed by atoms with van der Waals surface area (Å²) >= 11 is 8.12. The number of hydrogen-bond donors (Lipinski definition) is 1. The minimum Gasteiger partial charge on any atom is -0.305 e. The van der Waals surface area contributed by atoms with Crippen molar-refractivity contribution in [2.45, 2.75) is 25.7 Å². The molecular weight excluding hydrogens is 392 g/mol. The molecule has 0 saturated heterocycles. The molecule has 1 N–H and O–H groups in total. The van der Waals surface area contributed by atoms with E-state index in [1.807, 2.05) is 42.6 Å². The highest BCUT2D eigenvalue weighted by Crippen LogP contribution is 2.34. The first-order chi connectivity index (χ1) is 13.7. The van der Waals surface area contributed by atoms with E-state index in [1.54, 1.807) is 22.2 Å². The van der Waals surface area contributed by atoms with E-state index in [2.05, 4.69) is 15.1 Å². The average Bonchev–Trinajstić information content (AvgIpc) is 3.36. The van der Waals surface area contributed by atoms with Crippen molar-refractivity contribution in [2.24, 2.45) is 0 Å². The Morgan fingerprint density at radius 1 is 1.21 bits per heavy atom. The van der Waals surface area contributed by atoms with Crippen LogP contribution in [0.2, 0.25) is 0 Å². The monoisotopic (exact) mass is 408 g/mol. The molecular formula is C21H17ClN4OS. The van der Waals surface area contributed by atoms with E-state index in [9.17, 15) is 4.79 Å². The van der Waals surface area contributed by atoms with Gasteiger partial charge in [-0.3, -0.25) is 4.79 Å². The maximum atomic E-state index is 12.7. The number of thiophene rings is 1. The van der Waals surface area contributed by atoms with E-state index < -0.39 is 0 Å². The lowest BCUT2D eigenvalue weighted by Gasteiger charge is -2.09. The summed E-state index contributed by atoms with van der Waals surface area (Å²) in [6.45, 7) is 0. The molecule has 1 aromatic carbocycles. The van der Waals surface area contributed by atoms with Crippen molar-refractivity contribution in [3.8, 4) is 5.69 Å². The molecule has 3 heterocycles. The minimum atomic E-state index is -0.0972. The van der Waals surface area contributed by atoms with Gasteiger partial charge in [-0.05, 0) is 61.1 Å². The number of rotatable bonds is 3. The molecule has 1 aliphatic carbocycles. The Bertz CT molecular complexity index is 1240. The predicted molar refractivity (Wildman–Crippen MR) is 114 cm³/mol. The maximum Gasteiger partial charge on any atom is 0.260 e. The third kappa shape index (κ3) is 3.08. The molecule has 5 rings (SSSR count). The summed E-state index contributed by atoms with van der Waals surface area (Å²) < 4.78 is 1.79. The van der Waals surface area contributed by atoms with Crippen LogP contribution >= 0.6 is 22.9 Å². The average molecular weight is 409 g/mol. The molecule has 0 spiro atoms. The van der Waals surface area contributed by atoms with E-state index in [0.717, 1.165) is 40.7 Å². The van der Waals surface area contributed by atoms with Gasteiger partial charge in [-0.15, -0.1) is 11.3 Å². The largest absolute Gasteiger partial charge is 0.305 e. The van der Waals surface area contributed by atoms with Crippen molar-refractivity contribution in [3.63, 3.8) is 0 Å². The van der Waals surface area contributed by atoms with Crippen LogP contribution < -0.4 is 5.56 Å². The molecule has 140 valence electrons. The number of aromatic amines is 1. The fourth-order valence-corrected chi connectivity index (χ4v) is 5.11. The first-order valence-corrected chi connectivity index (χ1v) is 10.4. The number of benzene rings is 1. The molecule has 3 aromatic heterocycles. The van der Waals surface area contributed by atoms with Gasteiger partial charge in [0.25, 0.3) is 5.56 Å². The zero-order valence-electron chi connectivity index (χ0n) is 15.0. The Balaban J connectivity index is 1.50. The van der Waals surface area contributed by atoms with Crippen LogP contribution in [0.3, 0.4) is 0 Å².